The van der Waals surface area contributed by atoms with Crippen molar-refractivity contribution in [1.82, 2.24) is 14.5 Å². The number of fused-ring (bicyclic) bond motifs is 1. The van der Waals surface area contributed by atoms with Crippen LogP contribution in [-0.2, 0) is 11.3 Å². The normalized spacial score (nSPS) is 12.0. The van der Waals surface area contributed by atoms with Crippen LogP contribution in [0.15, 0.2) is 88.8 Å². The van der Waals surface area contributed by atoms with Gasteiger partial charge in [0.25, 0.3) is 5.56 Å². The van der Waals surface area contributed by atoms with Crippen molar-refractivity contribution in [2.75, 3.05) is 14.1 Å². The summed E-state index contributed by atoms with van der Waals surface area (Å²) in [5.41, 5.74) is 2.09. The van der Waals surface area contributed by atoms with Crippen LogP contribution >= 0.6 is 23.4 Å². The van der Waals surface area contributed by atoms with E-state index in [4.69, 9.17) is 16.6 Å². The van der Waals surface area contributed by atoms with E-state index < -0.39 is 5.25 Å². The number of benzene rings is 3. The van der Waals surface area contributed by atoms with Gasteiger partial charge in [0.2, 0.25) is 5.91 Å². The quantitative estimate of drug-likeness (QED) is 0.297. The molecule has 162 valence electrons. The number of thioether (sulfide) groups is 1. The maximum Gasteiger partial charge on any atom is 0.262 e. The number of likely N-dealkylation sites (N-methyl/N-ethyl adjacent to an activating group) is 1. The average molecular weight is 464 g/mol. The van der Waals surface area contributed by atoms with E-state index in [2.05, 4.69) is 0 Å². The molecule has 4 rings (SSSR count). The number of halogens is 1. The first-order valence-corrected chi connectivity index (χ1v) is 11.4. The Morgan fingerprint density at radius 3 is 2.38 bits per heavy atom. The van der Waals surface area contributed by atoms with E-state index >= 15 is 0 Å². The highest BCUT2D eigenvalue weighted by Crippen LogP contribution is 2.36. The molecule has 1 unspecified atom stereocenters. The number of amides is 1. The first-order valence-electron chi connectivity index (χ1n) is 10.1. The lowest BCUT2D eigenvalue weighted by Gasteiger charge is -2.22. The first kappa shape index (κ1) is 22.1. The number of aromatic nitrogens is 2. The fraction of sp³-hybridized carbons (Fsp3) is 0.160. The van der Waals surface area contributed by atoms with Crippen LogP contribution in [0.5, 0.6) is 0 Å². The monoisotopic (exact) mass is 463 g/mol. The van der Waals surface area contributed by atoms with E-state index in [1.165, 1.54) is 11.8 Å². The van der Waals surface area contributed by atoms with Crippen LogP contribution in [-0.4, -0.2) is 34.5 Å². The molecule has 0 saturated carbocycles. The third kappa shape index (κ3) is 4.56. The summed E-state index contributed by atoms with van der Waals surface area (Å²) >= 11 is 7.66. The maximum atomic E-state index is 13.5. The van der Waals surface area contributed by atoms with E-state index in [1.54, 1.807) is 35.7 Å². The van der Waals surface area contributed by atoms with Gasteiger partial charge >= 0.3 is 0 Å². The zero-order valence-electron chi connectivity index (χ0n) is 17.7. The van der Waals surface area contributed by atoms with Gasteiger partial charge in [-0.2, -0.15) is 0 Å². The molecule has 0 aliphatic heterocycles. The van der Waals surface area contributed by atoms with Crippen molar-refractivity contribution in [2.24, 2.45) is 0 Å². The van der Waals surface area contributed by atoms with Crippen LogP contribution in [0, 0.1) is 0 Å². The largest absolute Gasteiger partial charge is 0.348 e. The smallest absolute Gasteiger partial charge is 0.262 e. The highest BCUT2D eigenvalue weighted by molar-refractivity contribution is 8.00. The van der Waals surface area contributed by atoms with Gasteiger partial charge in [-0.3, -0.25) is 14.2 Å². The van der Waals surface area contributed by atoms with Gasteiger partial charge in [0.15, 0.2) is 5.16 Å². The number of hydrogen-bond donors (Lipinski definition) is 0. The van der Waals surface area contributed by atoms with Gasteiger partial charge in [0.1, 0.15) is 5.25 Å². The predicted molar refractivity (Wildman–Crippen MR) is 130 cm³/mol. The van der Waals surface area contributed by atoms with Crippen LogP contribution in [0.2, 0.25) is 5.02 Å². The highest BCUT2D eigenvalue weighted by atomic mass is 35.5. The van der Waals surface area contributed by atoms with Gasteiger partial charge < -0.3 is 4.90 Å². The third-order valence-electron chi connectivity index (χ3n) is 5.10. The highest BCUT2D eigenvalue weighted by Gasteiger charge is 2.26. The summed E-state index contributed by atoms with van der Waals surface area (Å²) in [4.78, 5) is 32.9. The molecule has 7 heteroatoms. The molecule has 1 amide bonds. The summed E-state index contributed by atoms with van der Waals surface area (Å²) in [5, 5.41) is 1.03. The SMILES string of the molecule is CN(C)C(=O)C(Sc1nc2ccccc2c(=O)n1Cc1ccccc1Cl)c1ccccc1. The molecule has 0 radical (unpaired) electrons. The topological polar surface area (TPSA) is 55.2 Å². The number of hydrogen-bond acceptors (Lipinski definition) is 4. The second-order valence-electron chi connectivity index (χ2n) is 7.54. The number of carbonyl (C=O) groups excluding carboxylic acids is 1. The second kappa shape index (κ2) is 9.59. The van der Waals surface area contributed by atoms with Gasteiger partial charge in [-0.15, -0.1) is 0 Å². The molecule has 0 aliphatic carbocycles. The molecule has 1 atom stereocenters. The van der Waals surface area contributed by atoms with E-state index in [-0.39, 0.29) is 18.0 Å². The van der Waals surface area contributed by atoms with Crippen molar-refractivity contribution in [3.05, 3.63) is 105 Å². The number of carbonyl (C=O) groups is 1. The molecule has 1 aromatic heterocycles. The summed E-state index contributed by atoms with van der Waals surface area (Å²) in [7, 11) is 3.45. The van der Waals surface area contributed by atoms with Gasteiger partial charge in [0.05, 0.1) is 17.4 Å². The van der Waals surface area contributed by atoms with Crippen molar-refractivity contribution < 1.29 is 4.79 Å². The van der Waals surface area contributed by atoms with Gasteiger partial charge in [-0.05, 0) is 29.3 Å². The van der Waals surface area contributed by atoms with Crippen molar-refractivity contribution >= 4 is 40.2 Å². The Morgan fingerprint density at radius 1 is 1.00 bits per heavy atom. The minimum absolute atomic E-state index is 0.0760. The molecule has 3 aromatic carbocycles. The summed E-state index contributed by atoms with van der Waals surface area (Å²) in [5.74, 6) is -0.0760. The Bertz CT molecular complexity index is 1320. The molecule has 0 bridgehead atoms. The fourth-order valence-corrected chi connectivity index (χ4v) is 4.84. The summed E-state index contributed by atoms with van der Waals surface area (Å²) in [6.45, 7) is 0.260. The number of nitrogens with zero attached hydrogens (tertiary/aromatic N) is 3. The van der Waals surface area contributed by atoms with Crippen molar-refractivity contribution in [3.63, 3.8) is 0 Å². The van der Waals surface area contributed by atoms with Crippen molar-refractivity contribution in [1.29, 1.82) is 0 Å². The maximum absolute atomic E-state index is 13.5. The Balaban J connectivity index is 1.87. The minimum atomic E-state index is -0.545. The number of rotatable bonds is 6. The molecule has 0 N–H and O–H groups in total. The summed E-state index contributed by atoms with van der Waals surface area (Å²) < 4.78 is 1.60. The van der Waals surface area contributed by atoms with Crippen molar-refractivity contribution in [3.8, 4) is 0 Å². The van der Waals surface area contributed by atoms with E-state index in [9.17, 15) is 9.59 Å². The van der Waals surface area contributed by atoms with Crippen LogP contribution in [0.4, 0.5) is 0 Å². The zero-order valence-corrected chi connectivity index (χ0v) is 19.3. The van der Waals surface area contributed by atoms with Crippen LogP contribution < -0.4 is 5.56 Å². The molecule has 5 nitrogen and oxygen atoms in total. The molecule has 4 aromatic rings. The molecule has 1 heterocycles. The summed E-state index contributed by atoms with van der Waals surface area (Å²) in [6.07, 6.45) is 0. The molecule has 0 saturated heterocycles. The Labute approximate surface area is 195 Å². The number of para-hydroxylation sites is 1. The Morgan fingerprint density at radius 2 is 1.66 bits per heavy atom. The van der Waals surface area contributed by atoms with Gasteiger partial charge in [-0.1, -0.05) is 84.0 Å². The lowest BCUT2D eigenvalue weighted by Crippen LogP contribution is -2.29. The second-order valence-corrected chi connectivity index (χ2v) is 9.01. The van der Waals surface area contributed by atoms with Gasteiger partial charge in [0, 0.05) is 19.1 Å². The predicted octanol–water partition coefficient (Wildman–Crippen LogP) is 5.02. The molecule has 0 spiro atoms. The van der Waals surface area contributed by atoms with Gasteiger partial charge in [-0.25, -0.2) is 4.98 Å². The zero-order chi connectivity index (χ0) is 22.7. The van der Waals surface area contributed by atoms with Crippen LogP contribution in [0.25, 0.3) is 10.9 Å². The molecule has 0 aliphatic rings. The molecule has 0 fully saturated rings. The lowest BCUT2D eigenvalue weighted by molar-refractivity contribution is -0.128. The standard InChI is InChI=1S/C25H22ClN3O2S/c1-28(2)24(31)22(17-10-4-3-5-11-17)32-25-27-21-15-9-7-13-19(21)23(30)29(25)16-18-12-6-8-14-20(18)26/h3-15,22H,16H2,1-2H3. The molecular formula is C25H22ClN3O2S. The molecule has 32 heavy (non-hydrogen) atoms. The van der Waals surface area contributed by atoms with Crippen molar-refractivity contribution in [2.45, 2.75) is 17.0 Å². The van der Waals surface area contributed by atoms with E-state index in [0.717, 1.165) is 11.1 Å². The minimum Gasteiger partial charge on any atom is -0.348 e. The third-order valence-corrected chi connectivity index (χ3v) is 6.70. The Kier molecular flexibility index (Phi) is 6.63. The first-order chi connectivity index (χ1) is 15.5. The Hall–Kier alpha value is -3.09. The van der Waals surface area contributed by atoms with E-state index in [0.29, 0.717) is 21.1 Å². The van der Waals surface area contributed by atoms with E-state index in [1.807, 2.05) is 66.7 Å². The van der Waals surface area contributed by atoms with Crippen LogP contribution in [0.3, 0.4) is 0 Å². The fourth-order valence-electron chi connectivity index (χ4n) is 3.40. The molecular weight excluding hydrogens is 442 g/mol. The average Bonchev–Trinajstić information content (AvgIpc) is 2.81. The lowest BCUT2D eigenvalue weighted by atomic mass is 10.1. The van der Waals surface area contributed by atoms with Crippen LogP contribution in [0.1, 0.15) is 16.4 Å². The summed E-state index contributed by atoms with van der Waals surface area (Å²) in [6, 6.07) is 24.2.